The van der Waals surface area contributed by atoms with Gasteiger partial charge in [-0.15, -0.1) is 0 Å². The number of aromatic nitrogens is 3. The molecule has 1 saturated carbocycles. The summed E-state index contributed by atoms with van der Waals surface area (Å²) in [6.45, 7) is 0.604. The average molecular weight is 274 g/mol. The summed E-state index contributed by atoms with van der Waals surface area (Å²) in [5.74, 6) is -0.212. The van der Waals surface area contributed by atoms with Crippen molar-refractivity contribution >= 4 is 6.41 Å². The molecule has 0 spiro atoms. The standard InChI is InChI=1S/C14H15FN4O/c15-12-3-1-11(2-4-12)13(7-19-9-16-8-18-19)14(5-6-14)17-10-20/h1-4,8-10,13H,5-7H2,(H,17,20). The van der Waals surface area contributed by atoms with Crippen molar-refractivity contribution in [2.45, 2.75) is 30.8 Å². The van der Waals surface area contributed by atoms with Gasteiger partial charge < -0.3 is 5.32 Å². The van der Waals surface area contributed by atoms with Gasteiger partial charge in [0, 0.05) is 11.5 Å². The first kappa shape index (κ1) is 12.8. The summed E-state index contributed by atoms with van der Waals surface area (Å²) in [6, 6.07) is 6.42. The molecule has 1 unspecified atom stereocenters. The highest BCUT2D eigenvalue weighted by Crippen LogP contribution is 2.47. The first-order valence-corrected chi connectivity index (χ1v) is 6.53. The molecule has 0 saturated heterocycles. The molecule has 1 atom stereocenters. The molecule has 1 aliphatic rings. The van der Waals surface area contributed by atoms with Crippen LogP contribution >= 0.6 is 0 Å². The van der Waals surface area contributed by atoms with Gasteiger partial charge in [0.25, 0.3) is 0 Å². The number of halogens is 1. The van der Waals surface area contributed by atoms with E-state index in [0.717, 1.165) is 24.8 Å². The molecular formula is C14H15FN4O. The van der Waals surface area contributed by atoms with Gasteiger partial charge in [-0.3, -0.25) is 9.48 Å². The molecule has 1 N–H and O–H groups in total. The predicted molar refractivity (Wildman–Crippen MR) is 70.3 cm³/mol. The molecule has 0 bridgehead atoms. The first-order valence-electron chi connectivity index (χ1n) is 6.53. The minimum absolute atomic E-state index is 0.0509. The maximum Gasteiger partial charge on any atom is 0.207 e. The summed E-state index contributed by atoms with van der Waals surface area (Å²) in [7, 11) is 0. The highest BCUT2D eigenvalue weighted by molar-refractivity contribution is 5.50. The molecule has 104 valence electrons. The Balaban J connectivity index is 1.91. The van der Waals surface area contributed by atoms with Crippen LogP contribution in [0.15, 0.2) is 36.9 Å². The van der Waals surface area contributed by atoms with Crippen LogP contribution < -0.4 is 5.32 Å². The zero-order valence-corrected chi connectivity index (χ0v) is 10.9. The van der Waals surface area contributed by atoms with E-state index in [9.17, 15) is 9.18 Å². The zero-order valence-electron chi connectivity index (χ0n) is 10.9. The van der Waals surface area contributed by atoms with Gasteiger partial charge in [-0.1, -0.05) is 12.1 Å². The zero-order chi connectivity index (χ0) is 14.0. The second kappa shape index (κ2) is 5.03. The predicted octanol–water partition coefficient (Wildman–Crippen LogP) is 1.48. The smallest absolute Gasteiger partial charge is 0.207 e. The van der Waals surface area contributed by atoms with E-state index in [-0.39, 0.29) is 17.3 Å². The van der Waals surface area contributed by atoms with Crippen molar-refractivity contribution < 1.29 is 9.18 Å². The van der Waals surface area contributed by atoms with Gasteiger partial charge in [0.2, 0.25) is 6.41 Å². The van der Waals surface area contributed by atoms with Gasteiger partial charge in [0.1, 0.15) is 18.5 Å². The van der Waals surface area contributed by atoms with Gasteiger partial charge in [0.15, 0.2) is 0 Å². The third-order valence-corrected chi connectivity index (χ3v) is 3.91. The average Bonchev–Trinajstić information content (AvgIpc) is 3.04. The first-order chi connectivity index (χ1) is 9.73. The lowest BCUT2D eigenvalue weighted by atomic mass is 9.89. The number of nitrogens with one attached hydrogen (secondary N) is 1. The molecule has 1 aromatic carbocycles. The maximum atomic E-state index is 13.1. The number of benzene rings is 1. The minimum Gasteiger partial charge on any atom is -0.353 e. The number of amides is 1. The Morgan fingerprint density at radius 2 is 2.15 bits per heavy atom. The molecule has 1 fully saturated rings. The van der Waals surface area contributed by atoms with Gasteiger partial charge in [0.05, 0.1) is 6.54 Å². The van der Waals surface area contributed by atoms with Crippen LogP contribution in [0.1, 0.15) is 24.3 Å². The highest BCUT2D eigenvalue weighted by Gasteiger charge is 2.49. The van der Waals surface area contributed by atoms with Gasteiger partial charge in [-0.2, -0.15) is 5.10 Å². The number of rotatable bonds is 6. The van der Waals surface area contributed by atoms with E-state index in [1.54, 1.807) is 23.1 Å². The fourth-order valence-corrected chi connectivity index (χ4v) is 2.65. The Morgan fingerprint density at radius 3 is 2.70 bits per heavy atom. The Bertz CT molecular complexity index is 578. The molecule has 6 heteroatoms. The third-order valence-electron chi connectivity index (χ3n) is 3.91. The van der Waals surface area contributed by atoms with Crippen molar-refractivity contribution in [2.75, 3.05) is 0 Å². The van der Waals surface area contributed by atoms with E-state index in [1.807, 2.05) is 0 Å². The van der Waals surface area contributed by atoms with E-state index in [1.165, 1.54) is 18.5 Å². The van der Waals surface area contributed by atoms with Crippen LogP contribution in [-0.4, -0.2) is 26.7 Å². The van der Waals surface area contributed by atoms with Crippen molar-refractivity contribution in [3.63, 3.8) is 0 Å². The van der Waals surface area contributed by atoms with E-state index in [4.69, 9.17) is 0 Å². The summed E-state index contributed by atoms with van der Waals surface area (Å²) < 4.78 is 14.8. The normalized spacial score (nSPS) is 17.4. The molecule has 1 aromatic heterocycles. The van der Waals surface area contributed by atoms with Crippen LogP contribution in [0.3, 0.4) is 0 Å². The molecule has 20 heavy (non-hydrogen) atoms. The molecule has 0 radical (unpaired) electrons. The van der Waals surface area contributed by atoms with Crippen LogP contribution in [-0.2, 0) is 11.3 Å². The quantitative estimate of drug-likeness (QED) is 0.812. The molecule has 2 aromatic rings. The number of carbonyl (C=O) groups excluding carboxylic acids is 1. The van der Waals surface area contributed by atoms with E-state index >= 15 is 0 Å². The Morgan fingerprint density at radius 1 is 1.40 bits per heavy atom. The fourth-order valence-electron chi connectivity index (χ4n) is 2.65. The minimum atomic E-state index is -0.263. The van der Waals surface area contributed by atoms with Crippen LogP contribution in [0, 0.1) is 5.82 Å². The topological polar surface area (TPSA) is 59.8 Å². The lowest BCUT2D eigenvalue weighted by molar-refractivity contribution is -0.110. The second-order valence-corrected chi connectivity index (χ2v) is 5.14. The van der Waals surface area contributed by atoms with Crippen LogP contribution in [0.25, 0.3) is 0 Å². The molecule has 5 nitrogen and oxygen atoms in total. The van der Waals surface area contributed by atoms with E-state index in [2.05, 4.69) is 15.4 Å². The summed E-state index contributed by atoms with van der Waals surface area (Å²) in [5, 5.41) is 7.04. The van der Waals surface area contributed by atoms with Crippen LogP contribution in [0.4, 0.5) is 4.39 Å². The molecule has 1 aliphatic carbocycles. The van der Waals surface area contributed by atoms with Crippen molar-refractivity contribution in [2.24, 2.45) is 0 Å². The molecular weight excluding hydrogens is 259 g/mol. The lowest BCUT2D eigenvalue weighted by Gasteiger charge is -2.27. The summed E-state index contributed by atoms with van der Waals surface area (Å²) in [5.41, 5.74) is 0.750. The maximum absolute atomic E-state index is 13.1. The molecule has 1 amide bonds. The van der Waals surface area contributed by atoms with Crippen LogP contribution in [0.5, 0.6) is 0 Å². The Labute approximate surface area is 115 Å². The van der Waals surface area contributed by atoms with Gasteiger partial charge in [-0.25, -0.2) is 9.37 Å². The lowest BCUT2D eigenvalue weighted by Crippen LogP contribution is -2.38. The number of nitrogens with zero attached hydrogens (tertiary/aromatic N) is 3. The SMILES string of the molecule is O=CNC1(C(Cn2cncn2)c2ccc(F)cc2)CC1. The summed E-state index contributed by atoms with van der Waals surface area (Å²) in [6.07, 6.45) is 5.71. The Kier molecular flexibility index (Phi) is 3.22. The molecule has 1 heterocycles. The monoisotopic (exact) mass is 274 g/mol. The second-order valence-electron chi connectivity index (χ2n) is 5.14. The Hall–Kier alpha value is -2.24. The number of hydrogen-bond donors (Lipinski definition) is 1. The van der Waals surface area contributed by atoms with Crippen molar-refractivity contribution in [3.8, 4) is 0 Å². The summed E-state index contributed by atoms with van der Waals surface area (Å²) in [4.78, 5) is 14.8. The third kappa shape index (κ3) is 2.41. The summed E-state index contributed by atoms with van der Waals surface area (Å²) >= 11 is 0. The number of carbonyl (C=O) groups is 1. The molecule has 0 aliphatic heterocycles. The van der Waals surface area contributed by atoms with Gasteiger partial charge >= 0.3 is 0 Å². The van der Waals surface area contributed by atoms with Crippen molar-refractivity contribution in [1.29, 1.82) is 0 Å². The van der Waals surface area contributed by atoms with Gasteiger partial charge in [-0.05, 0) is 30.5 Å². The van der Waals surface area contributed by atoms with E-state index in [0.29, 0.717) is 6.54 Å². The molecule has 3 rings (SSSR count). The van der Waals surface area contributed by atoms with Crippen molar-refractivity contribution in [1.82, 2.24) is 20.1 Å². The van der Waals surface area contributed by atoms with E-state index < -0.39 is 0 Å². The largest absolute Gasteiger partial charge is 0.353 e. The van der Waals surface area contributed by atoms with Crippen LogP contribution in [0.2, 0.25) is 0 Å². The fraction of sp³-hybridized carbons (Fsp3) is 0.357. The number of hydrogen-bond acceptors (Lipinski definition) is 3. The highest BCUT2D eigenvalue weighted by atomic mass is 19.1. The van der Waals surface area contributed by atoms with Crippen molar-refractivity contribution in [3.05, 3.63) is 48.3 Å².